The van der Waals surface area contributed by atoms with Crippen molar-refractivity contribution in [1.82, 2.24) is 4.98 Å². The van der Waals surface area contributed by atoms with E-state index >= 15 is 0 Å². The molecule has 0 saturated carbocycles. The van der Waals surface area contributed by atoms with Gasteiger partial charge >= 0.3 is 0 Å². The van der Waals surface area contributed by atoms with Crippen LogP contribution in [0.15, 0.2) is 23.2 Å². The van der Waals surface area contributed by atoms with Crippen molar-refractivity contribution in [2.75, 3.05) is 5.75 Å². The molecule has 0 aliphatic rings. The van der Waals surface area contributed by atoms with E-state index in [4.69, 9.17) is 11.6 Å². The van der Waals surface area contributed by atoms with Crippen LogP contribution < -0.4 is 0 Å². The fourth-order valence-corrected chi connectivity index (χ4v) is 3.66. The average molecular weight is 290 g/mol. The van der Waals surface area contributed by atoms with E-state index in [0.29, 0.717) is 6.42 Å². The van der Waals surface area contributed by atoms with Crippen molar-refractivity contribution < 1.29 is 8.42 Å². The summed E-state index contributed by atoms with van der Waals surface area (Å²) in [6.07, 6.45) is 7.85. The molecular weight excluding hydrogens is 270 g/mol. The first-order chi connectivity index (χ1) is 8.58. The van der Waals surface area contributed by atoms with Crippen molar-refractivity contribution in [3.63, 3.8) is 0 Å². The Balaban J connectivity index is 2.44. The zero-order valence-electron chi connectivity index (χ0n) is 10.7. The Kier molecular flexibility index (Phi) is 6.65. The molecule has 0 atom stereocenters. The smallest absolute Gasteiger partial charge is 0.181 e. The maximum absolute atomic E-state index is 12.0. The summed E-state index contributed by atoms with van der Waals surface area (Å²) in [5.74, 6) is 0.157. The molecule has 0 unspecified atom stereocenters. The van der Waals surface area contributed by atoms with Gasteiger partial charge < -0.3 is 0 Å². The van der Waals surface area contributed by atoms with Crippen molar-refractivity contribution in [2.45, 2.75) is 50.3 Å². The van der Waals surface area contributed by atoms with Gasteiger partial charge in [0.1, 0.15) is 10.0 Å². The molecule has 0 aliphatic heterocycles. The second-order valence-electron chi connectivity index (χ2n) is 4.38. The Morgan fingerprint density at radius 3 is 2.50 bits per heavy atom. The third-order valence-electron chi connectivity index (χ3n) is 2.83. The van der Waals surface area contributed by atoms with Gasteiger partial charge in [0.25, 0.3) is 0 Å². The molecule has 0 aliphatic carbocycles. The molecule has 1 heterocycles. The Morgan fingerprint density at radius 1 is 1.17 bits per heavy atom. The van der Waals surface area contributed by atoms with Crippen molar-refractivity contribution in [3.8, 4) is 0 Å². The van der Waals surface area contributed by atoms with Gasteiger partial charge in [-0.05, 0) is 18.6 Å². The molecule has 0 aromatic carbocycles. The zero-order valence-corrected chi connectivity index (χ0v) is 12.3. The highest BCUT2D eigenvalue weighted by Gasteiger charge is 2.17. The zero-order chi connectivity index (χ0) is 13.4. The lowest BCUT2D eigenvalue weighted by atomic mass is 10.1. The van der Waals surface area contributed by atoms with E-state index in [0.717, 1.165) is 12.8 Å². The van der Waals surface area contributed by atoms with Gasteiger partial charge in [-0.1, -0.05) is 50.6 Å². The normalized spacial score (nSPS) is 11.7. The van der Waals surface area contributed by atoms with Crippen LogP contribution in [-0.2, 0) is 9.84 Å². The molecule has 18 heavy (non-hydrogen) atoms. The van der Waals surface area contributed by atoms with Crippen molar-refractivity contribution in [3.05, 3.63) is 23.5 Å². The van der Waals surface area contributed by atoms with Gasteiger partial charge in [-0.2, -0.15) is 0 Å². The lowest BCUT2D eigenvalue weighted by molar-refractivity contribution is 0.583. The summed E-state index contributed by atoms with van der Waals surface area (Å²) in [5, 5.41) is 0.0727. The number of rotatable bonds is 8. The van der Waals surface area contributed by atoms with Crippen LogP contribution in [0.4, 0.5) is 0 Å². The predicted octanol–water partition coefficient (Wildman–Crippen LogP) is 3.87. The summed E-state index contributed by atoms with van der Waals surface area (Å²) in [4.78, 5) is 3.95. The van der Waals surface area contributed by atoms with E-state index in [-0.39, 0.29) is 15.8 Å². The van der Waals surface area contributed by atoms with Gasteiger partial charge in [-0.15, -0.1) is 0 Å². The quantitative estimate of drug-likeness (QED) is 0.539. The van der Waals surface area contributed by atoms with Crippen molar-refractivity contribution in [2.24, 2.45) is 0 Å². The number of nitrogens with zero attached hydrogens (tertiary/aromatic N) is 1. The maximum atomic E-state index is 12.0. The molecule has 0 bridgehead atoms. The standard InChI is InChI=1S/C13H20ClNO2S/c1-2-3-4-5-6-7-11-18(16,17)12-9-8-10-15-13(12)14/h8-10H,2-7,11H2,1H3. The topological polar surface area (TPSA) is 47.0 Å². The van der Waals surface area contributed by atoms with Gasteiger partial charge in [-0.25, -0.2) is 13.4 Å². The molecule has 3 nitrogen and oxygen atoms in total. The maximum Gasteiger partial charge on any atom is 0.181 e. The number of unbranched alkanes of at least 4 members (excludes halogenated alkanes) is 5. The largest absolute Gasteiger partial charge is 0.243 e. The minimum absolute atomic E-state index is 0.0727. The summed E-state index contributed by atoms with van der Waals surface area (Å²) >= 11 is 5.80. The minimum atomic E-state index is -3.28. The number of sulfone groups is 1. The molecular formula is C13H20ClNO2S. The van der Waals surface area contributed by atoms with Crippen molar-refractivity contribution >= 4 is 21.4 Å². The molecule has 1 aromatic heterocycles. The number of pyridine rings is 1. The fraction of sp³-hybridized carbons (Fsp3) is 0.615. The number of aromatic nitrogens is 1. The third kappa shape index (κ3) is 4.94. The number of hydrogen-bond donors (Lipinski definition) is 0. The van der Waals surface area contributed by atoms with E-state index in [1.54, 1.807) is 6.07 Å². The first-order valence-electron chi connectivity index (χ1n) is 6.41. The van der Waals surface area contributed by atoms with Gasteiger partial charge in [0, 0.05) is 6.20 Å². The highest BCUT2D eigenvalue weighted by molar-refractivity contribution is 7.91. The monoisotopic (exact) mass is 289 g/mol. The van der Waals surface area contributed by atoms with E-state index in [2.05, 4.69) is 11.9 Å². The molecule has 1 aromatic rings. The van der Waals surface area contributed by atoms with E-state index in [1.165, 1.54) is 31.5 Å². The molecule has 102 valence electrons. The number of halogens is 1. The average Bonchev–Trinajstić information content (AvgIpc) is 2.34. The molecule has 0 fully saturated rings. The molecule has 0 saturated heterocycles. The molecule has 0 spiro atoms. The molecule has 0 N–H and O–H groups in total. The summed E-state index contributed by atoms with van der Waals surface area (Å²) < 4.78 is 24.0. The molecule has 5 heteroatoms. The molecule has 1 rings (SSSR count). The minimum Gasteiger partial charge on any atom is -0.243 e. The van der Waals surface area contributed by atoms with Crippen LogP contribution in [0.3, 0.4) is 0 Å². The van der Waals surface area contributed by atoms with Crippen molar-refractivity contribution in [1.29, 1.82) is 0 Å². The van der Waals surface area contributed by atoms with Crippen LogP contribution in [0.1, 0.15) is 45.4 Å². The van der Waals surface area contributed by atoms with Crippen LogP contribution in [0.2, 0.25) is 5.15 Å². The van der Waals surface area contributed by atoms with E-state index in [1.807, 2.05) is 0 Å². The Morgan fingerprint density at radius 2 is 1.83 bits per heavy atom. The predicted molar refractivity (Wildman–Crippen MR) is 74.7 cm³/mol. The lowest BCUT2D eigenvalue weighted by Gasteiger charge is -2.05. The lowest BCUT2D eigenvalue weighted by Crippen LogP contribution is -2.08. The summed E-state index contributed by atoms with van der Waals surface area (Å²) in [6, 6.07) is 3.11. The highest BCUT2D eigenvalue weighted by Crippen LogP contribution is 2.20. The Bertz CT molecular complexity index is 460. The SMILES string of the molecule is CCCCCCCCS(=O)(=O)c1cccnc1Cl. The fourth-order valence-electron chi connectivity index (χ4n) is 1.79. The van der Waals surface area contributed by atoms with Gasteiger partial charge in [0.15, 0.2) is 9.84 Å². The molecule has 0 amide bonds. The van der Waals surface area contributed by atoms with Crippen LogP contribution in [0.5, 0.6) is 0 Å². The Hall–Kier alpha value is -0.610. The van der Waals surface area contributed by atoms with Crippen LogP contribution in [0.25, 0.3) is 0 Å². The first kappa shape index (κ1) is 15.4. The molecule has 0 radical (unpaired) electrons. The van der Waals surface area contributed by atoms with Crippen LogP contribution in [-0.4, -0.2) is 19.2 Å². The number of hydrogen-bond acceptors (Lipinski definition) is 3. The Labute approximate surface area is 114 Å². The first-order valence-corrected chi connectivity index (χ1v) is 8.44. The van der Waals surface area contributed by atoms with Crippen LogP contribution in [0, 0.1) is 0 Å². The second-order valence-corrected chi connectivity index (χ2v) is 6.81. The van der Waals surface area contributed by atoms with Gasteiger partial charge in [0.05, 0.1) is 5.75 Å². The van der Waals surface area contributed by atoms with Gasteiger partial charge in [0.2, 0.25) is 0 Å². The van der Waals surface area contributed by atoms with Crippen LogP contribution >= 0.6 is 11.6 Å². The highest BCUT2D eigenvalue weighted by atomic mass is 35.5. The van der Waals surface area contributed by atoms with E-state index in [9.17, 15) is 8.42 Å². The van der Waals surface area contributed by atoms with E-state index < -0.39 is 9.84 Å². The summed E-state index contributed by atoms with van der Waals surface area (Å²) in [5.41, 5.74) is 0. The summed E-state index contributed by atoms with van der Waals surface area (Å²) in [7, 11) is -3.28. The third-order valence-corrected chi connectivity index (χ3v) is 5.07. The second kappa shape index (κ2) is 7.74. The van der Waals surface area contributed by atoms with Gasteiger partial charge in [-0.3, -0.25) is 0 Å². The summed E-state index contributed by atoms with van der Waals surface area (Å²) in [6.45, 7) is 2.16.